The smallest absolute Gasteiger partial charge is 0.348 e. The molecule has 0 unspecified atom stereocenters. The maximum atomic E-state index is 13.2. The van der Waals surface area contributed by atoms with E-state index >= 15 is 0 Å². The Balaban J connectivity index is 1.59. The predicted octanol–water partition coefficient (Wildman–Crippen LogP) is 5.65. The number of hydrogen-bond donors (Lipinski definition) is 0. The molecule has 2 heterocycles. The number of nitrogens with zero attached hydrogens (tertiary/aromatic N) is 2. The lowest BCUT2D eigenvalue weighted by Gasteiger charge is -2.04. The summed E-state index contributed by atoms with van der Waals surface area (Å²) < 4.78 is 21.3. The fourth-order valence-electron chi connectivity index (χ4n) is 2.71. The van der Waals surface area contributed by atoms with Gasteiger partial charge in [0.15, 0.2) is 0 Å². The maximum absolute atomic E-state index is 13.2. The van der Waals surface area contributed by atoms with E-state index in [4.69, 9.17) is 4.74 Å². The number of thiophene rings is 1. The van der Waals surface area contributed by atoms with Crippen molar-refractivity contribution in [3.8, 4) is 5.69 Å². The van der Waals surface area contributed by atoms with Crippen molar-refractivity contribution in [2.24, 2.45) is 0 Å². The van der Waals surface area contributed by atoms with E-state index in [1.807, 2.05) is 31.2 Å². The van der Waals surface area contributed by atoms with Crippen molar-refractivity contribution in [2.45, 2.75) is 13.5 Å². The summed E-state index contributed by atoms with van der Waals surface area (Å²) in [6.07, 6.45) is 0. The number of halogens is 2. The van der Waals surface area contributed by atoms with E-state index in [9.17, 15) is 9.18 Å². The van der Waals surface area contributed by atoms with E-state index in [0.29, 0.717) is 4.88 Å². The van der Waals surface area contributed by atoms with Gasteiger partial charge < -0.3 is 4.74 Å². The maximum Gasteiger partial charge on any atom is 0.348 e. The summed E-state index contributed by atoms with van der Waals surface area (Å²) in [6.45, 7) is 2.09. The molecular formula is C20H14BrFN2O2S. The highest BCUT2D eigenvalue weighted by Gasteiger charge is 2.18. The third-order valence-corrected chi connectivity index (χ3v) is 5.72. The lowest BCUT2D eigenvalue weighted by Crippen LogP contribution is -2.03. The van der Waals surface area contributed by atoms with Crippen LogP contribution in [-0.2, 0) is 11.3 Å². The first-order valence-electron chi connectivity index (χ1n) is 8.18. The lowest BCUT2D eigenvalue weighted by molar-refractivity contribution is 0.0478. The summed E-state index contributed by atoms with van der Waals surface area (Å²) in [5, 5.41) is 5.39. The van der Waals surface area contributed by atoms with E-state index in [-0.39, 0.29) is 18.4 Å². The van der Waals surface area contributed by atoms with Crippen molar-refractivity contribution in [3.63, 3.8) is 0 Å². The Bertz CT molecular complexity index is 1120. The molecule has 0 spiro atoms. The average molecular weight is 445 g/mol. The molecule has 0 amide bonds. The summed E-state index contributed by atoms with van der Waals surface area (Å²) in [5.41, 5.74) is 2.46. The summed E-state index contributed by atoms with van der Waals surface area (Å²) in [4.78, 5) is 13.8. The first-order valence-corrected chi connectivity index (χ1v) is 9.79. The number of ether oxygens (including phenoxy) is 1. The number of hydrogen-bond acceptors (Lipinski definition) is 4. The van der Waals surface area contributed by atoms with Crippen LogP contribution in [0.3, 0.4) is 0 Å². The SMILES string of the molecule is Cc1nn(-c2ccc(F)cc2)c2sc(C(=O)OCc3ccc(Br)cc3)cc12. The molecule has 4 rings (SSSR count). The van der Waals surface area contributed by atoms with E-state index in [0.717, 1.165) is 31.6 Å². The van der Waals surface area contributed by atoms with Gasteiger partial charge in [-0.15, -0.1) is 11.3 Å². The van der Waals surface area contributed by atoms with Gasteiger partial charge in [0.25, 0.3) is 0 Å². The summed E-state index contributed by atoms with van der Waals surface area (Å²) >= 11 is 4.69. The zero-order valence-electron chi connectivity index (χ0n) is 14.3. The number of esters is 1. The Morgan fingerprint density at radius 3 is 2.59 bits per heavy atom. The second kappa shape index (κ2) is 7.25. The Morgan fingerprint density at radius 1 is 1.19 bits per heavy atom. The summed E-state index contributed by atoms with van der Waals surface area (Å²) in [7, 11) is 0. The molecule has 27 heavy (non-hydrogen) atoms. The molecule has 4 nitrogen and oxygen atoms in total. The van der Waals surface area contributed by atoms with Crippen LogP contribution in [-0.4, -0.2) is 15.7 Å². The minimum absolute atomic E-state index is 0.212. The molecule has 0 saturated heterocycles. The van der Waals surface area contributed by atoms with Crippen molar-refractivity contribution in [3.05, 3.63) is 81.0 Å². The molecule has 0 atom stereocenters. The van der Waals surface area contributed by atoms with Crippen molar-refractivity contribution in [1.29, 1.82) is 0 Å². The topological polar surface area (TPSA) is 44.1 Å². The number of carbonyl (C=O) groups is 1. The van der Waals surface area contributed by atoms with E-state index in [2.05, 4.69) is 21.0 Å². The monoisotopic (exact) mass is 444 g/mol. The van der Waals surface area contributed by atoms with Gasteiger partial charge in [0.1, 0.15) is 22.1 Å². The highest BCUT2D eigenvalue weighted by molar-refractivity contribution is 9.10. The van der Waals surface area contributed by atoms with Gasteiger partial charge in [0, 0.05) is 9.86 Å². The second-order valence-corrected chi connectivity index (χ2v) is 7.95. The normalized spacial score (nSPS) is 11.1. The van der Waals surface area contributed by atoms with E-state index in [1.54, 1.807) is 22.9 Å². The number of carbonyl (C=O) groups excluding carboxylic acids is 1. The van der Waals surface area contributed by atoms with Crippen LogP contribution >= 0.6 is 27.3 Å². The van der Waals surface area contributed by atoms with Gasteiger partial charge >= 0.3 is 5.97 Å². The van der Waals surface area contributed by atoms with Gasteiger partial charge in [-0.2, -0.15) is 5.10 Å². The molecule has 0 saturated carbocycles. The third-order valence-electron chi connectivity index (χ3n) is 4.10. The minimum Gasteiger partial charge on any atom is -0.457 e. The first kappa shape index (κ1) is 17.9. The standard InChI is InChI=1S/C20H14BrFN2O2S/c1-12-17-10-18(20(25)26-11-13-2-4-14(21)5-3-13)27-19(17)24(23-12)16-8-6-15(22)7-9-16/h2-10H,11H2,1H3. The van der Waals surface area contributed by atoms with Crippen LogP contribution in [0.4, 0.5) is 4.39 Å². The largest absolute Gasteiger partial charge is 0.457 e. The molecule has 2 aromatic heterocycles. The summed E-state index contributed by atoms with van der Waals surface area (Å²) in [6, 6.07) is 15.5. The van der Waals surface area contributed by atoms with Gasteiger partial charge in [-0.05, 0) is 55.0 Å². The lowest BCUT2D eigenvalue weighted by atomic mass is 10.2. The molecule has 7 heteroatoms. The Morgan fingerprint density at radius 2 is 1.89 bits per heavy atom. The van der Waals surface area contributed by atoms with Crippen LogP contribution in [0.2, 0.25) is 0 Å². The molecule has 4 aromatic rings. The summed E-state index contributed by atoms with van der Waals surface area (Å²) in [5.74, 6) is -0.675. The molecule has 0 radical (unpaired) electrons. The van der Waals surface area contributed by atoms with E-state index in [1.165, 1.54) is 23.5 Å². The van der Waals surface area contributed by atoms with Crippen molar-refractivity contribution < 1.29 is 13.9 Å². The van der Waals surface area contributed by atoms with Gasteiger partial charge in [-0.25, -0.2) is 13.9 Å². The zero-order valence-corrected chi connectivity index (χ0v) is 16.7. The van der Waals surface area contributed by atoms with Crippen molar-refractivity contribution in [1.82, 2.24) is 9.78 Å². The molecule has 0 aliphatic heterocycles. The molecule has 0 aliphatic rings. The number of fused-ring (bicyclic) bond motifs is 1. The van der Waals surface area contributed by atoms with Crippen LogP contribution in [0, 0.1) is 12.7 Å². The highest BCUT2D eigenvalue weighted by Crippen LogP contribution is 2.31. The van der Waals surface area contributed by atoms with Crippen LogP contribution < -0.4 is 0 Å². The molecule has 0 N–H and O–H groups in total. The minimum atomic E-state index is -0.371. The Labute approximate surface area is 167 Å². The third kappa shape index (κ3) is 3.65. The second-order valence-electron chi connectivity index (χ2n) is 6.01. The zero-order chi connectivity index (χ0) is 19.0. The van der Waals surface area contributed by atoms with Crippen molar-refractivity contribution >= 4 is 43.5 Å². The Kier molecular flexibility index (Phi) is 4.80. The van der Waals surface area contributed by atoms with Gasteiger partial charge in [0.2, 0.25) is 0 Å². The van der Waals surface area contributed by atoms with Crippen LogP contribution in [0.1, 0.15) is 20.9 Å². The molecule has 0 fully saturated rings. The molecule has 136 valence electrons. The van der Waals surface area contributed by atoms with Crippen LogP contribution in [0.25, 0.3) is 15.9 Å². The molecule has 2 aromatic carbocycles. The van der Waals surface area contributed by atoms with Gasteiger partial charge in [-0.1, -0.05) is 28.1 Å². The predicted molar refractivity (Wildman–Crippen MR) is 107 cm³/mol. The molecule has 0 aliphatic carbocycles. The van der Waals surface area contributed by atoms with Crippen molar-refractivity contribution in [2.75, 3.05) is 0 Å². The number of aromatic nitrogens is 2. The number of aryl methyl sites for hydroxylation is 1. The quantitative estimate of drug-likeness (QED) is 0.381. The van der Waals surface area contributed by atoms with Crippen LogP contribution in [0.5, 0.6) is 0 Å². The first-order chi connectivity index (χ1) is 13.0. The van der Waals surface area contributed by atoms with Crippen LogP contribution in [0.15, 0.2) is 59.1 Å². The van der Waals surface area contributed by atoms with Gasteiger partial charge in [0.05, 0.1) is 11.4 Å². The fraction of sp³-hybridized carbons (Fsp3) is 0.100. The Hall–Kier alpha value is -2.51. The average Bonchev–Trinajstić information content (AvgIpc) is 3.23. The molecule has 0 bridgehead atoms. The van der Waals surface area contributed by atoms with E-state index < -0.39 is 0 Å². The number of benzene rings is 2. The fourth-order valence-corrected chi connectivity index (χ4v) is 4.05. The van der Waals surface area contributed by atoms with Gasteiger partial charge in [-0.3, -0.25) is 0 Å². The highest BCUT2D eigenvalue weighted by atomic mass is 79.9. The number of rotatable bonds is 4. The molecular weight excluding hydrogens is 431 g/mol.